The van der Waals surface area contributed by atoms with E-state index in [0.717, 1.165) is 6.92 Å². The Kier molecular flexibility index (Phi) is 10.1. The van der Waals surface area contributed by atoms with Gasteiger partial charge in [0, 0.05) is 26.9 Å². The second kappa shape index (κ2) is 12.0. The molecule has 1 amide bonds. The van der Waals surface area contributed by atoms with Gasteiger partial charge in [-0.15, -0.1) is 0 Å². The highest BCUT2D eigenvalue weighted by Gasteiger charge is 2.29. The number of nitrogens with zero attached hydrogens (tertiary/aromatic N) is 1. The topological polar surface area (TPSA) is 91.4 Å². The summed E-state index contributed by atoms with van der Waals surface area (Å²) in [4.78, 5) is 36.4. The summed E-state index contributed by atoms with van der Waals surface area (Å²) >= 11 is 0. The van der Waals surface area contributed by atoms with E-state index in [9.17, 15) is 27.6 Å². The summed E-state index contributed by atoms with van der Waals surface area (Å²) in [5.41, 5.74) is 0.277. The Labute approximate surface area is 178 Å². The summed E-state index contributed by atoms with van der Waals surface area (Å²) in [7, 11) is 0. The maximum absolute atomic E-state index is 12.6. The van der Waals surface area contributed by atoms with Crippen LogP contribution in [0.3, 0.4) is 0 Å². The zero-order valence-corrected chi connectivity index (χ0v) is 17.8. The van der Waals surface area contributed by atoms with Crippen molar-refractivity contribution in [1.29, 1.82) is 0 Å². The number of amides is 1. The van der Waals surface area contributed by atoms with Crippen molar-refractivity contribution >= 4 is 17.8 Å². The summed E-state index contributed by atoms with van der Waals surface area (Å²) in [6.45, 7) is 5.03. The van der Waals surface area contributed by atoms with Crippen molar-refractivity contribution in [2.24, 2.45) is 0 Å². The fraction of sp³-hybridized carbons (Fsp3) is 0.550. The Morgan fingerprint density at radius 2 is 1.68 bits per heavy atom. The molecule has 1 atom stereocenters. The molecule has 0 bridgehead atoms. The van der Waals surface area contributed by atoms with E-state index in [2.05, 4.69) is 4.74 Å². The van der Waals surface area contributed by atoms with Gasteiger partial charge in [-0.2, -0.15) is 13.2 Å². The van der Waals surface area contributed by atoms with Crippen LogP contribution in [0.1, 0.15) is 33.3 Å². The number of carbonyl (C=O) groups is 3. The number of ether oxygens (including phenoxy) is 4. The number of halogens is 3. The van der Waals surface area contributed by atoms with Crippen molar-refractivity contribution in [3.05, 3.63) is 23.8 Å². The highest BCUT2D eigenvalue weighted by atomic mass is 19.4. The molecule has 0 N–H and O–H groups in total. The van der Waals surface area contributed by atoms with Gasteiger partial charge in [0.2, 0.25) is 6.29 Å². The predicted octanol–water partition coefficient (Wildman–Crippen LogP) is 2.87. The van der Waals surface area contributed by atoms with Gasteiger partial charge in [-0.1, -0.05) is 6.07 Å². The van der Waals surface area contributed by atoms with E-state index in [1.54, 1.807) is 13.8 Å². The van der Waals surface area contributed by atoms with Crippen molar-refractivity contribution in [2.45, 2.75) is 46.6 Å². The molecular weight excluding hydrogens is 423 g/mol. The van der Waals surface area contributed by atoms with Gasteiger partial charge >= 0.3 is 18.1 Å². The molecule has 0 aliphatic heterocycles. The average Bonchev–Trinajstić information content (AvgIpc) is 2.65. The smallest absolute Gasteiger partial charge is 0.422 e. The molecule has 1 unspecified atom stereocenters. The summed E-state index contributed by atoms with van der Waals surface area (Å²) in [5, 5.41) is 0. The number of alkyl halides is 3. The highest BCUT2D eigenvalue weighted by Crippen LogP contribution is 2.30. The number of rotatable bonds is 11. The first-order chi connectivity index (χ1) is 14.4. The standard InChI is InChI=1S/C20H26F3NO7/c1-5-24(6-2)18(26)11-28-16-8-7-15(9-17(16)29-12-20(21,22)23)10-19(27)31-14(4)30-13(3)25/h7-9,14H,5-6,10-12H2,1-4H3. The number of esters is 2. The molecule has 0 aromatic heterocycles. The third-order valence-corrected chi connectivity index (χ3v) is 3.84. The molecule has 1 aromatic carbocycles. The van der Waals surface area contributed by atoms with Crippen LogP contribution in [0.2, 0.25) is 0 Å². The maximum atomic E-state index is 12.6. The number of hydrogen-bond acceptors (Lipinski definition) is 7. The molecule has 0 saturated heterocycles. The van der Waals surface area contributed by atoms with E-state index in [1.807, 2.05) is 0 Å². The van der Waals surface area contributed by atoms with Crippen LogP contribution in [0, 0.1) is 0 Å². The van der Waals surface area contributed by atoms with Gasteiger partial charge in [0.15, 0.2) is 24.7 Å². The molecule has 0 spiro atoms. The Bertz CT molecular complexity index is 764. The van der Waals surface area contributed by atoms with Crippen LogP contribution in [0.4, 0.5) is 13.2 Å². The number of carbonyl (C=O) groups excluding carboxylic acids is 3. The monoisotopic (exact) mass is 449 g/mol. The van der Waals surface area contributed by atoms with Crippen LogP contribution < -0.4 is 9.47 Å². The van der Waals surface area contributed by atoms with Crippen LogP contribution in [-0.2, 0) is 30.3 Å². The van der Waals surface area contributed by atoms with Crippen molar-refractivity contribution in [3.63, 3.8) is 0 Å². The molecule has 0 aliphatic rings. The lowest BCUT2D eigenvalue weighted by molar-refractivity contribution is -0.182. The molecular formula is C20H26F3NO7. The van der Waals surface area contributed by atoms with E-state index in [4.69, 9.17) is 14.2 Å². The zero-order chi connectivity index (χ0) is 23.6. The molecule has 31 heavy (non-hydrogen) atoms. The van der Waals surface area contributed by atoms with Crippen LogP contribution >= 0.6 is 0 Å². The molecule has 0 heterocycles. The first-order valence-electron chi connectivity index (χ1n) is 9.54. The number of hydrogen-bond donors (Lipinski definition) is 0. The van der Waals surface area contributed by atoms with Gasteiger partial charge in [0.25, 0.3) is 5.91 Å². The minimum atomic E-state index is -4.59. The first-order valence-corrected chi connectivity index (χ1v) is 9.54. The number of likely N-dealkylation sites (N-methyl/N-ethyl adjacent to an activating group) is 1. The molecule has 11 heteroatoms. The van der Waals surface area contributed by atoms with Gasteiger partial charge in [-0.3, -0.25) is 14.4 Å². The molecule has 174 valence electrons. The normalized spacial score (nSPS) is 12.0. The van der Waals surface area contributed by atoms with E-state index in [0.29, 0.717) is 13.1 Å². The fourth-order valence-electron chi connectivity index (χ4n) is 2.51. The van der Waals surface area contributed by atoms with Crippen LogP contribution in [0.15, 0.2) is 18.2 Å². The summed E-state index contributed by atoms with van der Waals surface area (Å²) < 4.78 is 57.5. The lowest BCUT2D eigenvalue weighted by Crippen LogP contribution is -2.34. The molecule has 0 aliphatic carbocycles. The van der Waals surface area contributed by atoms with E-state index >= 15 is 0 Å². The van der Waals surface area contributed by atoms with Crippen molar-refractivity contribution in [2.75, 3.05) is 26.3 Å². The average molecular weight is 449 g/mol. The molecule has 0 fully saturated rings. The largest absolute Gasteiger partial charge is 0.480 e. The van der Waals surface area contributed by atoms with Crippen molar-refractivity contribution in [3.8, 4) is 11.5 Å². The summed E-state index contributed by atoms with van der Waals surface area (Å²) in [6, 6.07) is 3.93. The SMILES string of the molecule is CCN(CC)C(=O)COc1ccc(CC(=O)OC(C)OC(C)=O)cc1OCC(F)(F)F. The van der Waals surface area contributed by atoms with E-state index in [-0.39, 0.29) is 36.0 Å². The van der Waals surface area contributed by atoms with Gasteiger partial charge < -0.3 is 23.8 Å². The molecule has 0 radical (unpaired) electrons. The lowest BCUT2D eigenvalue weighted by Gasteiger charge is -2.20. The molecule has 1 aromatic rings. The summed E-state index contributed by atoms with van der Waals surface area (Å²) in [5.74, 6) is -2.08. The Balaban J connectivity index is 2.92. The molecule has 0 saturated carbocycles. The lowest BCUT2D eigenvalue weighted by atomic mass is 10.1. The predicted molar refractivity (Wildman–Crippen MR) is 102 cm³/mol. The Morgan fingerprint density at radius 3 is 2.23 bits per heavy atom. The first kappa shape index (κ1) is 26.1. The van der Waals surface area contributed by atoms with Crippen LogP contribution in [-0.4, -0.2) is 61.5 Å². The van der Waals surface area contributed by atoms with Crippen LogP contribution in [0.25, 0.3) is 0 Å². The second-order valence-corrected chi connectivity index (χ2v) is 6.38. The van der Waals surface area contributed by atoms with Gasteiger partial charge in [-0.25, -0.2) is 0 Å². The Hall–Kier alpha value is -2.98. The van der Waals surface area contributed by atoms with Gasteiger partial charge in [0.1, 0.15) is 0 Å². The number of benzene rings is 1. The maximum Gasteiger partial charge on any atom is 0.422 e. The Morgan fingerprint density at radius 1 is 1.03 bits per heavy atom. The highest BCUT2D eigenvalue weighted by molar-refractivity contribution is 5.78. The minimum Gasteiger partial charge on any atom is -0.480 e. The van der Waals surface area contributed by atoms with Gasteiger partial charge in [-0.05, 0) is 31.5 Å². The fourth-order valence-corrected chi connectivity index (χ4v) is 2.51. The third-order valence-electron chi connectivity index (χ3n) is 3.84. The zero-order valence-electron chi connectivity index (χ0n) is 17.8. The summed E-state index contributed by atoms with van der Waals surface area (Å²) in [6.07, 6.45) is -6.02. The molecule has 1 rings (SSSR count). The van der Waals surface area contributed by atoms with Gasteiger partial charge in [0.05, 0.1) is 6.42 Å². The van der Waals surface area contributed by atoms with Crippen LogP contribution in [0.5, 0.6) is 11.5 Å². The molecule has 8 nitrogen and oxygen atoms in total. The second-order valence-electron chi connectivity index (χ2n) is 6.38. The quantitative estimate of drug-likeness (QED) is 0.379. The minimum absolute atomic E-state index is 0.0739. The van der Waals surface area contributed by atoms with E-state index < -0.39 is 31.0 Å². The third kappa shape index (κ3) is 10.1. The van der Waals surface area contributed by atoms with Crippen molar-refractivity contribution in [1.82, 2.24) is 4.90 Å². The van der Waals surface area contributed by atoms with Crippen molar-refractivity contribution < 1.29 is 46.5 Å². The van der Waals surface area contributed by atoms with E-state index in [1.165, 1.54) is 30.0 Å².